The van der Waals surface area contributed by atoms with E-state index in [1.807, 2.05) is 28.7 Å². The lowest BCUT2D eigenvalue weighted by Gasteiger charge is -2.42. The zero-order valence-corrected chi connectivity index (χ0v) is 20.8. The summed E-state index contributed by atoms with van der Waals surface area (Å²) < 4.78 is 27.0. The summed E-state index contributed by atoms with van der Waals surface area (Å²) in [5.74, 6) is 1.35. The largest absolute Gasteiger partial charge is 0.493 e. The average molecular weight is 577 g/mol. The fraction of sp³-hybridized carbons (Fsp3) is 0.375. The number of anilines is 2. The Kier molecular flexibility index (Phi) is 6.43. The second kappa shape index (κ2) is 9.49. The predicted molar refractivity (Wildman–Crippen MR) is 135 cm³/mol. The molecule has 0 atom stereocenters. The van der Waals surface area contributed by atoms with E-state index in [1.54, 1.807) is 31.4 Å². The minimum absolute atomic E-state index is 0.0531. The van der Waals surface area contributed by atoms with E-state index in [2.05, 4.69) is 25.9 Å². The smallest absolute Gasteiger partial charge is 0.240 e. The van der Waals surface area contributed by atoms with E-state index < -0.39 is 5.54 Å². The number of rotatable bonds is 5. The molecule has 2 fully saturated rings. The second-order valence-corrected chi connectivity index (χ2v) is 9.71. The molecule has 3 N–H and O–H groups in total. The van der Waals surface area contributed by atoms with Crippen molar-refractivity contribution in [3.05, 3.63) is 46.0 Å². The van der Waals surface area contributed by atoms with E-state index in [1.165, 1.54) is 6.33 Å². The number of hydrogen-bond donors (Lipinski definition) is 3. The van der Waals surface area contributed by atoms with Crippen molar-refractivity contribution in [2.75, 3.05) is 25.5 Å². The molecular weight excluding hydrogens is 552 g/mol. The summed E-state index contributed by atoms with van der Waals surface area (Å²) in [4.78, 5) is 21.1. The Balaban J connectivity index is 1.41. The van der Waals surface area contributed by atoms with Crippen LogP contribution in [0, 0.1) is 9.39 Å². The van der Waals surface area contributed by atoms with Gasteiger partial charge in [-0.15, -0.1) is 0 Å². The molecule has 178 valence electrons. The van der Waals surface area contributed by atoms with Crippen LogP contribution in [0.25, 0.3) is 10.9 Å². The number of methoxy groups -OCH3 is 1. The highest BCUT2D eigenvalue weighted by Crippen LogP contribution is 2.38. The SMILES string of the molecule is COc1cc2ncnc(Nc3cccc(I)c3F)c2cc1O[C@H]1CC[C@]2(CC1)NCCNC2=O. The molecule has 1 aliphatic heterocycles. The molecule has 5 rings (SSSR count). The maximum atomic E-state index is 14.6. The predicted octanol–water partition coefficient (Wildman–Crippen LogP) is 3.91. The first-order valence-electron chi connectivity index (χ1n) is 11.2. The van der Waals surface area contributed by atoms with Crippen LogP contribution in [0.15, 0.2) is 36.7 Å². The number of halogens is 2. The summed E-state index contributed by atoms with van der Waals surface area (Å²) in [6.07, 6.45) is 4.28. The van der Waals surface area contributed by atoms with Gasteiger partial charge in [-0.25, -0.2) is 14.4 Å². The first-order chi connectivity index (χ1) is 16.5. The van der Waals surface area contributed by atoms with Crippen molar-refractivity contribution >= 4 is 50.9 Å². The zero-order chi connectivity index (χ0) is 23.7. The van der Waals surface area contributed by atoms with Crippen LogP contribution in [-0.4, -0.2) is 47.7 Å². The molecule has 0 radical (unpaired) electrons. The van der Waals surface area contributed by atoms with Crippen molar-refractivity contribution in [3.63, 3.8) is 0 Å². The van der Waals surface area contributed by atoms with Crippen LogP contribution >= 0.6 is 22.6 Å². The Morgan fingerprint density at radius 2 is 2.00 bits per heavy atom. The van der Waals surface area contributed by atoms with Crippen LogP contribution in [0.1, 0.15) is 25.7 Å². The van der Waals surface area contributed by atoms with E-state index in [0.29, 0.717) is 56.9 Å². The number of amides is 1. The minimum atomic E-state index is -0.492. The zero-order valence-electron chi connectivity index (χ0n) is 18.7. The standard InChI is InChI=1S/C24H25FIN5O3/c1-33-19-12-18-15(22(29-13-28-18)31-17-4-2-3-16(26)21(17)25)11-20(19)34-14-5-7-24(8-6-14)23(32)27-9-10-30-24/h2-4,11-14,30H,5-10H2,1H3,(H,27,32)(H,28,29,31)/t14-,24+. The van der Waals surface area contributed by atoms with Crippen molar-refractivity contribution in [2.45, 2.75) is 37.3 Å². The first-order valence-corrected chi connectivity index (χ1v) is 12.3. The molecule has 1 saturated carbocycles. The number of hydrogen-bond acceptors (Lipinski definition) is 7. The topological polar surface area (TPSA) is 97.4 Å². The van der Waals surface area contributed by atoms with Gasteiger partial charge < -0.3 is 25.4 Å². The van der Waals surface area contributed by atoms with Gasteiger partial charge in [-0.05, 0) is 66.5 Å². The average Bonchev–Trinajstić information content (AvgIpc) is 2.85. The van der Waals surface area contributed by atoms with Crippen LogP contribution in [-0.2, 0) is 4.79 Å². The van der Waals surface area contributed by atoms with Gasteiger partial charge in [-0.3, -0.25) is 4.79 Å². The number of carbonyl (C=O) groups is 1. The van der Waals surface area contributed by atoms with Gasteiger partial charge in [-0.1, -0.05) is 6.07 Å². The summed E-state index contributed by atoms with van der Waals surface area (Å²) in [5, 5.41) is 10.2. The van der Waals surface area contributed by atoms with Crippen LogP contribution < -0.4 is 25.4 Å². The molecule has 2 heterocycles. The molecule has 2 aliphatic rings. The van der Waals surface area contributed by atoms with E-state index in [9.17, 15) is 9.18 Å². The van der Waals surface area contributed by atoms with Gasteiger partial charge in [0.1, 0.15) is 12.1 Å². The van der Waals surface area contributed by atoms with Crippen LogP contribution in [0.3, 0.4) is 0 Å². The number of carbonyl (C=O) groups excluding carboxylic acids is 1. The number of nitrogens with zero attached hydrogens (tertiary/aromatic N) is 2. The molecule has 1 amide bonds. The van der Waals surface area contributed by atoms with Gasteiger partial charge in [0.05, 0.1) is 33.5 Å². The van der Waals surface area contributed by atoms with Crippen molar-refractivity contribution in [2.24, 2.45) is 0 Å². The summed E-state index contributed by atoms with van der Waals surface area (Å²) >= 11 is 1.96. The maximum Gasteiger partial charge on any atom is 0.240 e. The Hall–Kier alpha value is -2.73. The van der Waals surface area contributed by atoms with Crippen LogP contribution in [0.4, 0.5) is 15.9 Å². The van der Waals surface area contributed by atoms with Crippen LogP contribution in [0.2, 0.25) is 0 Å². The Morgan fingerprint density at radius 1 is 1.18 bits per heavy atom. The number of piperazine rings is 1. The fourth-order valence-electron chi connectivity index (χ4n) is 4.66. The highest BCUT2D eigenvalue weighted by atomic mass is 127. The maximum absolute atomic E-state index is 14.6. The molecule has 0 bridgehead atoms. The van der Waals surface area contributed by atoms with E-state index >= 15 is 0 Å². The van der Waals surface area contributed by atoms with Crippen molar-refractivity contribution < 1.29 is 18.7 Å². The number of aromatic nitrogens is 2. The highest BCUT2D eigenvalue weighted by Gasteiger charge is 2.43. The second-order valence-electron chi connectivity index (χ2n) is 8.55. The Bertz CT molecular complexity index is 1230. The minimum Gasteiger partial charge on any atom is -0.493 e. The molecule has 1 aromatic heterocycles. The molecule has 1 spiro atoms. The number of fused-ring (bicyclic) bond motifs is 1. The molecule has 8 nitrogen and oxygen atoms in total. The van der Waals surface area contributed by atoms with Gasteiger partial charge in [0.25, 0.3) is 0 Å². The monoisotopic (exact) mass is 577 g/mol. The molecule has 2 aromatic carbocycles. The molecule has 3 aromatic rings. The molecule has 0 unspecified atom stereocenters. The highest BCUT2D eigenvalue weighted by molar-refractivity contribution is 14.1. The lowest BCUT2D eigenvalue weighted by atomic mass is 9.78. The van der Waals surface area contributed by atoms with Crippen molar-refractivity contribution in [3.8, 4) is 11.5 Å². The lowest BCUT2D eigenvalue weighted by molar-refractivity contribution is -0.131. The van der Waals surface area contributed by atoms with Gasteiger partial charge in [0.15, 0.2) is 17.3 Å². The molecule has 1 saturated heterocycles. The van der Waals surface area contributed by atoms with E-state index in [0.717, 1.165) is 19.4 Å². The van der Waals surface area contributed by atoms with Crippen LogP contribution in [0.5, 0.6) is 11.5 Å². The normalized spacial score (nSPS) is 22.4. The van der Waals surface area contributed by atoms with E-state index in [-0.39, 0.29) is 17.8 Å². The third-order valence-corrected chi connectivity index (χ3v) is 7.35. The quantitative estimate of drug-likeness (QED) is 0.396. The summed E-state index contributed by atoms with van der Waals surface area (Å²) in [6.45, 7) is 1.45. The Labute approximate surface area is 210 Å². The summed E-state index contributed by atoms with van der Waals surface area (Å²) in [5.41, 5.74) is 0.493. The number of ether oxygens (including phenoxy) is 2. The van der Waals surface area contributed by atoms with Gasteiger partial charge in [-0.2, -0.15) is 0 Å². The van der Waals surface area contributed by atoms with Gasteiger partial charge >= 0.3 is 0 Å². The Morgan fingerprint density at radius 3 is 2.76 bits per heavy atom. The van der Waals surface area contributed by atoms with Gasteiger partial charge in [0.2, 0.25) is 5.91 Å². The van der Waals surface area contributed by atoms with Gasteiger partial charge in [0, 0.05) is 24.5 Å². The number of nitrogens with one attached hydrogen (secondary N) is 3. The number of benzene rings is 2. The first kappa shape index (κ1) is 23.0. The van der Waals surface area contributed by atoms with E-state index in [4.69, 9.17) is 9.47 Å². The third-order valence-electron chi connectivity index (χ3n) is 6.51. The fourth-order valence-corrected chi connectivity index (χ4v) is 5.15. The molecular formula is C24H25FIN5O3. The third kappa shape index (κ3) is 4.36. The lowest BCUT2D eigenvalue weighted by Crippen LogP contribution is -2.64. The van der Waals surface area contributed by atoms with Crippen molar-refractivity contribution in [1.29, 1.82) is 0 Å². The molecule has 34 heavy (non-hydrogen) atoms. The summed E-state index contributed by atoms with van der Waals surface area (Å²) in [7, 11) is 1.59. The summed E-state index contributed by atoms with van der Waals surface area (Å²) in [6, 6.07) is 8.78. The van der Waals surface area contributed by atoms with Crippen molar-refractivity contribution in [1.82, 2.24) is 20.6 Å². The molecule has 1 aliphatic carbocycles. The molecule has 10 heteroatoms.